The molecule has 0 rings (SSSR count). The van der Waals surface area contributed by atoms with Gasteiger partial charge in [-0.05, 0) is 6.42 Å². The third-order valence-electron chi connectivity index (χ3n) is 1.61. The monoisotopic (exact) mass is 264 g/mol. The summed E-state index contributed by atoms with van der Waals surface area (Å²) in [4.78, 5) is 0. The number of aliphatic hydroxyl groups is 1. The van der Waals surface area contributed by atoms with Gasteiger partial charge >= 0.3 is 37.2 Å². The van der Waals surface area contributed by atoms with Crippen LogP contribution in [0.3, 0.4) is 0 Å². The fourth-order valence-electron chi connectivity index (χ4n) is 0.810. The predicted molar refractivity (Wildman–Crippen MR) is 65.7 cm³/mol. The van der Waals surface area contributed by atoms with Gasteiger partial charge < -0.3 is 15.4 Å². The zero-order chi connectivity index (χ0) is 11.6. The van der Waals surface area contributed by atoms with Crippen molar-refractivity contribution in [2.75, 3.05) is 32.5 Å². The molecule has 0 aromatic carbocycles. The summed E-state index contributed by atoms with van der Waals surface area (Å²) in [5.74, 6) is 0. The van der Waals surface area contributed by atoms with Crippen LogP contribution in [0, 0.1) is 0 Å². The van der Waals surface area contributed by atoms with Crippen LogP contribution < -0.4 is 11.2 Å². The van der Waals surface area contributed by atoms with Gasteiger partial charge in [0.1, 0.15) is 0 Å². The molecule has 0 aromatic rings. The second-order valence-corrected chi connectivity index (χ2v) is 5.13. The van der Waals surface area contributed by atoms with Crippen LogP contribution in [0.25, 0.3) is 0 Å². The van der Waals surface area contributed by atoms with Gasteiger partial charge in [0.25, 0.3) is 0 Å². The minimum atomic E-state index is -3.20. The van der Waals surface area contributed by atoms with Crippen molar-refractivity contribution >= 4 is 37.2 Å². The Morgan fingerprint density at radius 3 is 2.69 bits per heavy atom. The SMILES string of the molecule is CCCCOP(=O)(CCO)ONCCN.[NaH]. The van der Waals surface area contributed by atoms with Crippen molar-refractivity contribution in [1.29, 1.82) is 0 Å². The average molecular weight is 264 g/mol. The van der Waals surface area contributed by atoms with Crippen molar-refractivity contribution in [3.8, 4) is 0 Å². The zero-order valence-corrected chi connectivity index (χ0v) is 10.0. The predicted octanol–water partition coefficient (Wildman–Crippen LogP) is -0.180. The van der Waals surface area contributed by atoms with Crippen LogP contribution in [-0.4, -0.2) is 67.1 Å². The molecule has 1 unspecified atom stereocenters. The maximum absolute atomic E-state index is 11.9. The molecule has 6 nitrogen and oxygen atoms in total. The summed E-state index contributed by atoms with van der Waals surface area (Å²) in [6, 6.07) is 0. The number of aliphatic hydroxyl groups excluding tert-OH is 1. The Morgan fingerprint density at radius 2 is 2.19 bits per heavy atom. The molecule has 0 aliphatic rings. The van der Waals surface area contributed by atoms with Crippen LogP contribution >= 0.6 is 7.60 Å². The number of hydrogen-bond donors (Lipinski definition) is 3. The van der Waals surface area contributed by atoms with E-state index in [2.05, 4.69) is 5.48 Å². The van der Waals surface area contributed by atoms with Gasteiger partial charge in [0.05, 0.1) is 19.4 Å². The van der Waals surface area contributed by atoms with Crippen LogP contribution in [0.5, 0.6) is 0 Å². The molecule has 1 atom stereocenters. The Balaban J connectivity index is 0. The molecule has 0 fully saturated rings. The molecular formula is C8H22N2NaO4P. The van der Waals surface area contributed by atoms with Gasteiger partial charge in [-0.1, -0.05) is 13.3 Å². The first-order valence-electron chi connectivity index (χ1n) is 5.14. The molecule has 0 saturated heterocycles. The molecule has 0 radical (unpaired) electrons. The van der Waals surface area contributed by atoms with Crippen LogP contribution in [0.4, 0.5) is 0 Å². The Kier molecular flexibility index (Phi) is 15.1. The van der Waals surface area contributed by atoms with E-state index in [9.17, 15) is 4.57 Å². The summed E-state index contributed by atoms with van der Waals surface area (Å²) in [7, 11) is -3.20. The molecular weight excluding hydrogens is 242 g/mol. The van der Waals surface area contributed by atoms with Crippen LogP contribution in [0.15, 0.2) is 0 Å². The third-order valence-corrected chi connectivity index (χ3v) is 3.34. The van der Waals surface area contributed by atoms with Gasteiger partial charge in [0.15, 0.2) is 0 Å². The van der Waals surface area contributed by atoms with Gasteiger partial charge in [-0.3, -0.25) is 4.57 Å². The summed E-state index contributed by atoms with van der Waals surface area (Å²) in [6.45, 7) is 2.93. The normalized spacial score (nSPS) is 14.2. The van der Waals surface area contributed by atoms with Crippen LogP contribution in [0.2, 0.25) is 0 Å². The summed E-state index contributed by atoms with van der Waals surface area (Å²) in [5.41, 5.74) is 7.69. The van der Waals surface area contributed by atoms with Crippen molar-refractivity contribution in [2.24, 2.45) is 5.73 Å². The van der Waals surface area contributed by atoms with Gasteiger partial charge in [-0.2, -0.15) is 5.48 Å². The van der Waals surface area contributed by atoms with E-state index in [0.717, 1.165) is 12.8 Å². The quantitative estimate of drug-likeness (QED) is 0.219. The molecule has 4 N–H and O–H groups in total. The van der Waals surface area contributed by atoms with Crippen LogP contribution in [-0.2, 0) is 13.7 Å². The third kappa shape index (κ3) is 10.2. The summed E-state index contributed by atoms with van der Waals surface area (Å²) < 4.78 is 21.9. The Bertz CT molecular complexity index is 183. The first-order valence-corrected chi connectivity index (χ1v) is 6.87. The molecule has 0 aliphatic heterocycles. The second kappa shape index (κ2) is 12.5. The first kappa shape index (κ1) is 19.4. The first-order chi connectivity index (χ1) is 7.18. The van der Waals surface area contributed by atoms with Gasteiger partial charge in [-0.25, -0.2) is 4.62 Å². The molecule has 0 saturated carbocycles. The van der Waals surface area contributed by atoms with Crippen molar-refractivity contribution in [2.45, 2.75) is 19.8 Å². The topological polar surface area (TPSA) is 93.8 Å². The number of nitrogens with one attached hydrogen (secondary N) is 1. The molecule has 0 aromatic heterocycles. The van der Waals surface area contributed by atoms with Gasteiger partial charge in [-0.15, -0.1) is 0 Å². The van der Waals surface area contributed by atoms with Crippen molar-refractivity contribution in [3.05, 3.63) is 0 Å². The molecule has 0 aliphatic carbocycles. The fourth-order valence-corrected chi connectivity index (χ4v) is 2.02. The molecule has 0 bridgehead atoms. The van der Waals surface area contributed by atoms with E-state index in [1.54, 1.807) is 0 Å². The number of hydrogen-bond acceptors (Lipinski definition) is 6. The number of rotatable bonds is 10. The fraction of sp³-hybridized carbons (Fsp3) is 1.00. The molecule has 0 amide bonds. The Labute approximate surface area is 119 Å². The summed E-state index contributed by atoms with van der Waals surface area (Å²) in [5, 5.41) is 8.73. The molecule has 0 heterocycles. The molecule has 8 heteroatoms. The van der Waals surface area contributed by atoms with E-state index in [0.29, 0.717) is 19.7 Å². The standard InChI is InChI=1S/C8H21N2O4P.Na.H/c1-2-3-7-13-15(12,8-6-11)14-10-5-4-9;;/h10-11H,2-9H2,1H3;;. The second-order valence-electron chi connectivity index (χ2n) is 3.02. The summed E-state index contributed by atoms with van der Waals surface area (Å²) >= 11 is 0. The van der Waals surface area contributed by atoms with Crippen LogP contribution in [0.1, 0.15) is 19.8 Å². The number of unbranched alkanes of at least 4 members (excludes halogenated alkanes) is 1. The van der Waals surface area contributed by atoms with E-state index in [4.69, 9.17) is 20.0 Å². The molecule has 94 valence electrons. The molecule has 0 spiro atoms. The Morgan fingerprint density at radius 1 is 1.50 bits per heavy atom. The zero-order valence-electron chi connectivity index (χ0n) is 9.15. The maximum atomic E-state index is 11.9. The van der Waals surface area contributed by atoms with E-state index in [-0.39, 0.29) is 42.3 Å². The van der Waals surface area contributed by atoms with E-state index >= 15 is 0 Å². The number of nitrogens with two attached hydrogens (primary N) is 1. The Hall–Kier alpha value is 1.03. The minimum absolute atomic E-state index is 0. The van der Waals surface area contributed by atoms with Crippen molar-refractivity contribution < 1.29 is 18.8 Å². The van der Waals surface area contributed by atoms with E-state index in [1.807, 2.05) is 6.92 Å². The average Bonchev–Trinajstić information content (AvgIpc) is 2.19. The number of hydroxylamine groups is 1. The molecule has 16 heavy (non-hydrogen) atoms. The summed E-state index contributed by atoms with van der Waals surface area (Å²) in [6.07, 6.45) is 1.76. The van der Waals surface area contributed by atoms with Crippen molar-refractivity contribution in [1.82, 2.24) is 5.48 Å². The van der Waals surface area contributed by atoms with E-state index < -0.39 is 7.60 Å². The van der Waals surface area contributed by atoms with Gasteiger partial charge in [0, 0.05) is 13.1 Å². The van der Waals surface area contributed by atoms with E-state index in [1.165, 1.54) is 0 Å². The van der Waals surface area contributed by atoms with Crippen molar-refractivity contribution in [3.63, 3.8) is 0 Å². The van der Waals surface area contributed by atoms with Gasteiger partial charge in [0.2, 0.25) is 0 Å².